The Morgan fingerprint density at radius 1 is 1.03 bits per heavy atom. The fraction of sp³-hybridized carbons (Fsp3) is 0.435. The lowest BCUT2D eigenvalue weighted by atomic mass is 9.91. The van der Waals surface area contributed by atoms with E-state index in [0.29, 0.717) is 36.1 Å². The van der Waals surface area contributed by atoms with Crippen LogP contribution in [0.3, 0.4) is 0 Å². The first-order valence-electron chi connectivity index (χ1n) is 10.6. The van der Waals surface area contributed by atoms with Crippen molar-refractivity contribution in [3.05, 3.63) is 65.2 Å². The number of alkyl halides is 6. The van der Waals surface area contributed by atoms with Gasteiger partial charge in [-0.25, -0.2) is 4.21 Å². The van der Waals surface area contributed by atoms with E-state index in [1.54, 1.807) is 31.2 Å². The zero-order chi connectivity index (χ0) is 26.0. The smallest absolute Gasteiger partial charge is 0.354 e. The number of ether oxygens (including phenoxy) is 1. The summed E-state index contributed by atoms with van der Waals surface area (Å²) >= 11 is -2.06. The maximum Gasteiger partial charge on any atom is 0.430 e. The molecule has 1 aliphatic carbocycles. The van der Waals surface area contributed by atoms with Crippen LogP contribution in [-0.2, 0) is 32.6 Å². The minimum atomic E-state index is -5.75. The van der Waals surface area contributed by atoms with Crippen molar-refractivity contribution < 1.29 is 44.6 Å². The molecule has 0 bridgehead atoms. The molecule has 3 rings (SSSR count). The van der Waals surface area contributed by atoms with Gasteiger partial charge in [0.2, 0.25) is 5.91 Å². The highest BCUT2D eigenvalue weighted by atomic mass is 32.2. The molecule has 0 aliphatic heterocycles. The van der Waals surface area contributed by atoms with Crippen LogP contribution in [0, 0.1) is 5.92 Å². The first-order valence-corrected chi connectivity index (χ1v) is 11.8. The van der Waals surface area contributed by atoms with Crippen LogP contribution >= 0.6 is 0 Å². The van der Waals surface area contributed by atoms with E-state index in [0.717, 1.165) is 12.1 Å². The van der Waals surface area contributed by atoms with Crippen molar-refractivity contribution in [1.82, 2.24) is 0 Å². The summed E-state index contributed by atoms with van der Waals surface area (Å²) < 4.78 is 107. The average Bonchev–Trinajstić information content (AvgIpc) is 3.57. The molecule has 2 aromatic carbocycles. The van der Waals surface area contributed by atoms with Crippen molar-refractivity contribution >= 4 is 22.7 Å². The zero-order valence-electron chi connectivity index (χ0n) is 18.4. The van der Waals surface area contributed by atoms with E-state index in [4.69, 9.17) is 4.55 Å². The average molecular weight is 523 g/mol. The minimum absolute atomic E-state index is 0.0140. The van der Waals surface area contributed by atoms with Gasteiger partial charge in [0.15, 0.2) is 11.1 Å². The van der Waals surface area contributed by atoms with Crippen LogP contribution in [0.2, 0.25) is 0 Å². The molecular formula is C23H23F6NO4S. The fourth-order valence-electron chi connectivity index (χ4n) is 3.46. The molecule has 2 unspecified atom stereocenters. The first kappa shape index (κ1) is 27.2. The minimum Gasteiger partial charge on any atom is -0.354 e. The van der Waals surface area contributed by atoms with E-state index in [2.05, 4.69) is 10.1 Å². The number of carbonyl (C=O) groups is 1. The van der Waals surface area contributed by atoms with Gasteiger partial charge in [0.25, 0.3) is 5.60 Å². The Hall–Kier alpha value is -2.44. The molecule has 0 saturated heterocycles. The molecule has 0 aromatic heterocycles. The van der Waals surface area contributed by atoms with Crippen molar-refractivity contribution in [3.8, 4) is 0 Å². The summed E-state index contributed by atoms with van der Waals surface area (Å²) in [6.07, 6.45) is -10.6. The number of amides is 1. The SMILES string of the molecule is CC(c1ccc(CC(=O)Nc2ccc(C(OCC3CC3)(C(F)(F)F)C(F)(F)F)cc2)cc1)S(=O)O. The normalized spacial score (nSPS) is 16.6. The molecule has 0 spiro atoms. The molecule has 1 saturated carbocycles. The topological polar surface area (TPSA) is 75.6 Å². The number of carbonyl (C=O) groups excluding carboxylic acids is 1. The van der Waals surface area contributed by atoms with Crippen molar-refractivity contribution in [2.75, 3.05) is 11.9 Å². The second-order valence-corrected chi connectivity index (χ2v) is 9.65. The number of rotatable bonds is 9. The predicted molar refractivity (Wildman–Crippen MR) is 117 cm³/mol. The summed E-state index contributed by atoms with van der Waals surface area (Å²) in [5, 5.41) is 1.81. The molecule has 5 nitrogen and oxygen atoms in total. The van der Waals surface area contributed by atoms with E-state index < -0.39 is 52.4 Å². The van der Waals surface area contributed by atoms with E-state index in [1.165, 1.54) is 0 Å². The summed E-state index contributed by atoms with van der Waals surface area (Å²) in [7, 11) is 0. The van der Waals surface area contributed by atoms with E-state index in [1.807, 2.05) is 0 Å². The van der Waals surface area contributed by atoms with Gasteiger partial charge in [-0.3, -0.25) is 4.79 Å². The number of anilines is 1. The molecule has 2 atom stereocenters. The lowest BCUT2D eigenvalue weighted by molar-refractivity contribution is -0.390. The Labute approximate surface area is 200 Å². The van der Waals surface area contributed by atoms with Crippen LogP contribution in [0.5, 0.6) is 0 Å². The van der Waals surface area contributed by atoms with Gasteiger partial charge < -0.3 is 14.6 Å². The maximum absolute atomic E-state index is 13.8. The van der Waals surface area contributed by atoms with E-state index in [-0.39, 0.29) is 18.0 Å². The molecule has 0 heterocycles. The second kappa shape index (κ2) is 10.3. The highest BCUT2D eigenvalue weighted by molar-refractivity contribution is 7.79. The van der Waals surface area contributed by atoms with Crippen LogP contribution in [0.1, 0.15) is 41.7 Å². The molecule has 0 radical (unpaired) electrons. The van der Waals surface area contributed by atoms with Gasteiger partial charge in [0.05, 0.1) is 18.3 Å². The second-order valence-electron chi connectivity index (χ2n) is 8.39. The third kappa shape index (κ3) is 6.22. The molecule has 35 heavy (non-hydrogen) atoms. The standard InChI is InChI=1S/C23H23F6NO4S/c1-14(35(32)33)17-6-4-15(5-7-17)12-20(31)30-19-10-8-18(9-11-19)21(22(24,25)26,23(27,28)29)34-13-16-2-3-16/h4-11,14,16H,2-3,12-13H2,1H3,(H,30,31)(H,32,33). The number of nitrogens with one attached hydrogen (secondary N) is 1. The van der Waals surface area contributed by atoms with Crippen molar-refractivity contribution in [1.29, 1.82) is 0 Å². The lowest BCUT2D eigenvalue weighted by Crippen LogP contribution is -2.56. The molecular weight excluding hydrogens is 500 g/mol. The van der Waals surface area contributed by atoms with Gasteiger partial charge in [0.1, 0.15) is 0 Å². The van der Waals surface area contributed by atoms with Gasteiger partial charge in [-0.2, -0.15) is 26.3 Å². The molecule has 2 N–H and O–H groups in total. The molecule has 1 amide bonds. The van der Waals surface area contributed by atoms with Crippen LogP contribution in [-0.4, -0.2) is 33.6 Å². The highest BCUT2D eigenvalue weighted by Gasteiger charge is 2.73. The van der Waals surface area contributed by atoms with Gasteiger partial charge in [-0.15, -0.1) is 0 Å². The lowest BCUT2D eigenvalue weighted by Gasteiger charge is -2.37. The maximum atomic E-state index is 13.8. The van der Waals surface area contributed by atoms with Crippen molar-refractivity contribution in [2.24, 2.45) is 5.92 Å². The van der Waals surface area contributed by atoms with Crippen LogP contribution in [0.15, 0.2) is 48.5 Å². The monoisotopic (exact) mass is 523 g/mol. The predicted octanol–water partition coefficient (Wildman–Crippen LogP) is 5.90. The number of hydrogen-bond donors (Lipinski definition) is 2. The zero-order valence-corrected chi connectivity index (χ0v) is 19.3. The van der Waals surface area contributed by atoms with Crippen molar-refractivity contribution in [2.45, 2.75) is 49.4 Å². The largest absolute Gasteiger partial charge is 0.430 e. The van der Waals surface area contributed by atoms with Gasteiger partial charge in [-0.1, -0.05) is 36.4 Å². The summed E-state index contributed by atoms with van der Waals surface area (Å²) in [6.45, 7) is 0.897. The summed E-state index contributed by atoms with van der Waals surface area (Å²) in [4.78, 5) is 12.3. The highest BCUT2D eigenvalue weighted by Crippen LogP contribution is 2.53. The molecule has 2 aromatic rings. The Bertz CT molecular complexity index is 1040. The summed E-state index contributed by atoms with van der Waals surface area (Å²) in [5.41, 5.74) is -4.43. The third-order valence-electron chi connectivity index (χ3n) is 5.72. The third-order valence-corrected chi connectivity index (χ3v) is 6.60. The molecule has 192 valence electrons. The number of benzene rings is 2. The van der Waals surface area contributed by atoms with Crippen LogP contribution < -0.4 is 5.32 Å². The van der Waals surface area contributed by atoms with Crippen LogP contribution in [0.25, 0.3) is 0 Å². The van der Waals surface area contributed by atoms with Crippen molar-refractivity contribution in [3.63, 3.8) is 0 Å². The molecule has 1 fully saturated rings. The Kier molecular flexibility index (Phi) is 7.97. The molecule has 1 aliphatic rings. The summed E-state index contributed by atoms with van der Waals surface area (Å²) in [5.74, 6) is -0.882. The fourth-order valence-corrected chi connectivity index (χ4v) is 3.85. The van der Waals surface area contributed by atoms with Crippen LogP contribution in [0.4, 0.5) is 32.0 Å². The Morgan fingerprint density at radius 3 is 2.03 bits per heavy atom. The van der Waals surface area contributed by atoms with Gasteiger partial charge >= 0.3 is 12.4 Å². The first-order chi connectivity index (χ1) is 16.2. The van der Waals surface area contributed by atoms with Gasteiger partial charge in [-0.05, 0) is 48.9 Å². The quantitative estimate of drug-likeness (QED) is 0.317. The molecule has 12 heteroatoms. The van der Waals surface area contributed by atoms with E-state index >= 15 is 0 Å². The Balaban J connectivity index is 1.74. The number of hydrogen-bond acceptors (Lipinski definition) is 3. The number of halogens is 6. The van der Waals surface area contributed by atoms with Gasteiger partial charge in [0, 0.05) is 11.3 Å². The Morgan fingerprint density at radius 2 is 1.57 bits per heavy atom. The summed E-state index contributed by atoms with van der Waals surface area (Å²) in [6, 6.07) is 9.56. The van der Waals surface area contributed by atoms with E-state index in [9.17, 15) is 35.3 Å².